The van der Waals surface area contributed by atoms with Gasteiger partial charge < -0.3 is 25.1 Å². The molecule has 1 aromatic carbocycles. The van der Waals surface area contributed by atoms with Crippen LogP contribution in [-0.2, 0) is 14.4 Å². The van der Waals surface area contributed by atoms with E-state index in [2.05, 4.69) is 5.32 Å². The highest BCUT2D eigenvalue weighted by Gasteiger charge is 2.53. The number of Topliss-reactive ketones (excluding diaryl/α,β-unsaturated/α-hetero) is 1. The Kier molecular flexibility index (Phi) is 8.67. The molecule has 204 valence electrons. The second kappa shape index (κ2) is 11.2. The van der Waals surface area contributed by atoms with Crippen molar-refractivity contribution in [2.75, 3.05) is 32.1 Å². The third kappa shape index (κ3) is 6.69. The lowest BCUT2D eigenvalue weighted by molar-refractivity contribution is -0.143. The fraction of sp³-hybridized carbons (Fsp3) is 0.643. The minimum Gasteiger partial charge on any atom is -0.383 e. The summed E-state index contributed by atoms with van der Waals surface area (Å²) in [6.45, 7) is 9.98. The molecule has 3 amide bonds. The molecule has 0 bridgehead atoms. The van der Waals surface area contributed by atoms with Gasteiger partial charge in [0, 0.05) is 31.9 Å². The molecule has 2 aliphatic heterocycles. The smallest absolute Gasteiger partial charge is 0.252 e. The van der Waals surface area contributed by atoms with Crippen LogP contribution in [0.25, 0.3) is 0 Å². The second-order valence-electron chi connectivity index (χ2n) is 12.1. The summed E-state index contributed by atoms with van der Waals surface area (Å²) in [5, 5.41) is 13.4. The number of rotatable bonds is 8. The van der Waals surface area contributed by atoms with Gasteiger partial charge in [0.1, 0.15) is 18.2 Å². The highest BCUT2D eigenvalue weighted by molar-refractivity contribution is 6.01. The molecule has 0 saturated carbocycles. The number of aliphatic hydroxyl groups is 1. The van der Waals surface area contributed by atoms with E-state index >= 15 is 0 Å². The van der Waals surface area contributed by atoms with Crippen molar-refractivity contribution >= 4 is 29.2 Å². The van der Waals surface area contributed by atoms with E-state index in [1.54, 1.807) is 12.1 Å². The van der Waals surface area contributed by atoms with E-state index in [0.717, 1.165) is 5.69 Å². The molecule has 9 nitrogen and oxygen atoms in total. The molecule has 0 aromatic heterocycles. The lowest BCUT2D eigenvalue weighted by atomic mass is 9.89. The van der Waals surface area contributed by atoms with Gasteiger partial charge in [-0.05, 0) is 54.9 Å². The van der Waals surface area contributed by atoms with Crippen molar-refractivity contribution < 1.29 is 24.3 Å². The zero-order valence-electron chi connectivity index (χ0n) is 23.2. The number of nitrogens with zero attached hydrogens (tertiary/aromatic N) is 3. The molecule has 37 heavy (non-hydrogen) atoms. The Morgan fingerprint density at radius 1 is 1.08 bits per heavy atom. The molecule has 4 atom stereocenters. The van der Waals surface area contributed by atoms with Crippen LogP contribution < -0.4 is 10.2 Å². The molecule has 2 fully saturated rings. The number of carbonyl (C=O) groups is 4. The predicted octanol–water partition coefficient (Wildman–Crippen LogP) is 2.08. The standard InChI is InChI=1S/C28H42N4O5/c1-17(2)14-20(29-25(35)18-8-10-19(11-9-18)30(6)7)26(36)31-13-12-21-24(31)23(34)16-32(21)27(37)22(33)15-28(3,4)5/h8-11,17,20-22,24,33H,12-16H2,1-7H3,(H,29,35). The fourth-order valence-electron chi connectivity index (χ4n) is 5.26. The van der Waals surface area contributed by atoms with E-state index < -0.39 is 30.1 Å². The van der Waals surface area contributed by atoms with Gasteiger partial charge in [0.25, 0.3) is 11.8 Å². The summed E-state index contributed by atoms with van der Waals surface area (Å²) in [4.78, 5) is 57.6. The molecule has 0 spiro atoms. The zero-order chi connectivity index (χ0) is 27.7. The van der Waals surface area contributed by atoms with Gasteiger partial charge in [0.05, 0.1) is 12.6 Å². The molecular weight excluding hydrogens is 472 g/mol. The van der Waals surface area contributed by atoms with Crippen molar-refractivity contribution in [2.24, 2.45) is 11.3 Å². The number of carbonyl (C=O) groups excluding carboxylic acids is 4. The normalized spacial score (nSPS) is 21.2. The number of likely N-dealkylation sites (tertiary alicyclic amines) is 2. The van der Waals surface area contributed by atoms with Crippen LogP contribution in [0.1, 0.15) is 64.2 Å². The number of hydrogen-bond donors (Lipinski definition) is 2. The Morgan fingerprint density at radius 3 is 2.24 bits per heavy atom. The van der Waals surface area contributed by atoms with Gasteiger partial charge in [-0.2, -0.15) is 0 Å². The first-order valence-electron chi connectivity index (χ1n) is 13.1. The van der Waals surface area contributed by atoms with Crippen molar-refractivity contribution in [3.63, 3.8) is 0 Å². The van der Waals surface area contributed by atoms with E-state index in [4.69, 9.17) is 0 Å². The van der Waals surface area contributed by atoms with Crippen LogP contribution in [0.4, 0.5) is 5.69 Å². The minimum absolute atomic E-state index is 0.113. The monoisotopic (exact) mass is 514 g/mol. The largest absolute Gasteiger partial charge is 0.383 e. The highest BCUT2D eigenvalue weighted by Crippen LogP contribution is 2.32. The Labute approximate surface area is 220 Å². The van der Waals surface area contributed by atoms with E-state index in [0.29, 0.717) is 24.9 Å². The van der Waals surface area contributed by atoms with Crippen molar-refractivity contribution in [1.82, 2.24) is 15.1 Å². The Morgan fingerprint density at radius 2 is 1.70 bits per heavy atom. The quantitative estimate of drug-likeness (QED) is 0.550. The van der Waals surface area contributed by atoms with Crippen molar-refractivity contribution in [1.29, 1.82) is 0 Å². The number of benzene rings is 1. The summed E-state index contributed by atoms with van der Waals surface area (Å²) < 4.78 is 0. The molecular formula is C28H42N4O5. The zero-order valence-corrected chi connectivity index (χ0v) is 23.2. The fourth-order valence-corrected chi connectivity index (χ4v) is 5.26. The van der Waals surface area contributed by atoms with E-state index in [9.17, 15) is 24.3 Å². The van der Waals surface area contributed by atoms with Crippen LogP contribution in [0.2, 0.25) is 0 Å². The maximum Gasteiger partial charge on any atom is 0.252 e. The van der Waals surface area contributed by atoms with Crippen LogP contribution >= 0.6 is 0 Å². The topological polar surface area (TPSA) is 110 Å². The van der Waals surface area contributed by atoms with Crippen molar-refractivity contribution in [3.05, 3.63) is 29.8 Å². The Bertz CT molecular complexity index is 1010. The SMILES string of the molecule is CC(C)CC(NC(=O)c1ccc(N(C)C)cc1)C(=O)N1CCC2C1C(=O)CN2C(=O)C(O)CC(C)(C)C. The average Bonchev–Trinajstić information content (AvgIpc) is 3.37. The number of amides is 3. The molecule has 2 heterocycles. The predicted molar refractivity (Wildman–Crippen MR) is 142 cm³/mol. The van der Waals surface area contributed by atoms with Gasteiger partial charge in [0.15, 0.2) is 5.78 Å². The Balaban J connectivity index is 1.74. The maximum atomic E-state index is 13.7. The number of fused-ring (bicyclic) bond motifs is 1. The molecule has 0 aliphatic carbocycles. The lowest BCUT2D eigenvalue weighted by Gasteiger charge is -2.30. The number of aliphatic hydroxyl groups excluding tert-OH is 1. The number of anilines is 1. The maximum absolute atomic E-state index is 13.7. The van der Waals surface area contributed by atoms with Crippen LogP contribution in [-0.4, -0.2) is 89.8 Å². The first-order chi connectivity index (χ1) is 17.2. The molecule has 2 N–H and O–H groups in total. The molecule has 0 radical (unpaired) electrons. The van der Waals surface area contributed by atoms with Crippen LogP contribution in [0.5, 0.6) is 0 Å². The van der Waals surface area contributed by atoms with Gasteiger partial charge in [-0.3, -0.25) is 19.2 Å². The summed E-state index contributed by atoms with van der Waals surface area (Å²) in [5.74, 6) is -1.19. The van der Waals surface area contributed by atoms with Gasteiger partial charge >= 0.3 is 0 Å². The van der Waals surface area contributed by atoms with Gasteiger partial charge in [-0.25, -0.2) is 0 Å². The van der Waals surface area contributed by atoms with Gasteiger partial charge in [-0.15, -0.1) is 0 Å². The van der Waals surface area contributed by atoms with E-state index in [1.807, 2.05) is 65.7 Å². The highest BCUT2D eigenvalue weighted by atomic mass is 16.3. The first-order valence-corrected chi connectivity index (χ1v) is 13.1. The van der Waals surface area contributed by atoms with E-state index in [1.165, 1.54) is 9.80 Å². The summed E-state index contributed by atoms with van der Waals surface area (Å²) in [7, 11) is 3.83. The summed E-state index contributed by atoms with van der Waals surface area (Å²) >= 11 is 0. The summed E-state index contributed by atoms with van der Waals surface area (Å²) in [5.41, 5.74) is 1.17. The molecule has 2 saturated heterocycles. The second-order valence-corrected chi connectivity index (χ2v) is 12.1. The summed E-state index contributed by atoms with van der Waals surface area (Å²) in [6.07, 6.45) is -0.0165. The van der Waals surface area contributed by atoms with Crippen molar-refractivity contribution in [3.8, 4) is 0 Å². The van der Waals surface area contributed by atoms with Gasteiger partial charge in [0.2, 0.25) is 5.91 Å². The van der Waals surface area contributed by atoms with E-state index in [-0.39, 0.29) is 41.9 Å². The summed E-state index contributed by atoms with van der Waals surface area (Å²) in [6, 6.07) is 5.15. The van der Waals surface area contributed by atoms with Crippen molar-refractivity contribution in [2.45, 2.75) is 78.1 Å². The molecule has 2 aliphatic rings. The van der Waals surface area contributed by atoms with Crippen LogP contribution in [0.15, 0.2) is 24.3 Å². The third-order valence-electron chi connectivity index (χ3n) is 7.04. The van der Waals surface area contributed by atoms with Crippen LogP contribution in [0, 0.1) is 11.3 Å². The average molecular weight is 515 g/mol. The first kappa shape index (κ1) is 28.6. The third-order valence-corrected chi connectivity index (χ3v) is 7.04. The molecule has 3 rings (SSSR count). The Hall–Kier alpha value is -2.94. The molecule has 9 heteroatoms. The molecule has 1 aromatic rings. The molecule has 4 unspecified atom stereocenters. The number of ketones is 1. The van der Waals surface area contributed by atoms with Gasteiger partial charge in [-0.1, -0.05) is 34.6 Å². The minimum atomic E-state index is -1.19. The van der Waals surface area contributed by atoms with Crippen LogP contribution in [0.3, 0.4) is 0 Å². The number of nitrogens with one attached hydrogen (secondary N) is 1. The number of hydrogen-bond acceptors (Lipinski definition) is 6. The lowest BCUT2D eigenvalue weighted by Crippen LogP contribution is -2.53.